The molecule has 0 atom stereocenters. The largest absolute Gasteiger partial charge is 0.465 e. The van der Waals surface area contributed by atoms with Crippen LogP contribution in [0.4, 0.5) is 0 Å². The van der Waals surface area contributed by atoms with Gasteiger partial charge in [0.25, 0.3) is 5.56 Å². The third kappa shape index (κ3) is 2.94. The lowest BCUT2D eigenvalue weighted by atomic mass is 9.74. The molecule has 0 saturated heterocycles. The maximum atomic E-state index is 12.6. The van der Waals surface area contributed by atoms with Crippen molar-refractivity contribution in [1.82, 2.24) is 4.57 Å². The zero-order valence-corrected chi connectivity index (χ0v) is 13.7. The average Bonchev–Trinajstić information content (AvgIpc) is 2.27. The first kappa shape index (κ1) is 16.5. The van der Waals surface area contributed by atoms with Crippen LogP contribution < -0.4 is 5.56 Å². The molecule has 112 valence electrons. The Hall–Kier alpha value is -1.58. The first-order chi connectivity index (χ1) is 8.91. The highest BCUT2D eigenvalue weighted by Crippen LogP contribution is 2.34. The van der Waals surface area contributed by atoms with Crippen molar-refractivity contribution in [1.29, 1.82) is 0 Å². The van der Waals surface area contributed by atoms with Crippen LogP contribution >= 0.6 is 0 Å². The highest BCUT2D eigenvalue weighted by atomic mass is 16.5. The summed E-state index contributed by atoms with van der Waals surface area (Å²) >= 11 is 0. The van der Waals surface area contributed by atoms with Gasteiger partial charge >= 0.3 is 5.97 Å². The fourth-order valence-corrected chi connectivity index (χ4v) is 2.47. The van der Waals surface area contributed by atoms with Crippen LogP contribution in [0.3, 0.4) is 0 Å². The van der Waals surface area contributed by atoms with Crippen LogP contribution in [-0.4, -0.2) is 17.6 Å². The molecule has 0 aliphatic rings. The number of ether oxygens (including phenoxy) is 1. The van der Waals surface area contributed by atoms with Gasteiger partial charge in [-0.05, 0) is 16.4 Å². The van der Waals surface area contributed by atoms with E-state index in [0.29, 0.717) is 11.1 Å². The van der Waals surface area contributed by atoms with Gasteiger partial charge in [0.15, 0.2) is 0 Å². The molecule has 0 aliphatic heterocycles. The van der Waals surface area contributed by atoms with Gasteiger partial charge in [0.1, 0.15) is 0 Å². The zero-order valence-electron chi connectivity index (χ0n) is 13.7. The lowest BCUT2D eigenvalue weighted by molar-refractivity contribution is 0.0596. The van der Waals surface area contributed by atoms with Crippen LogP contribution in [0.5, 0.6) is 0 Å². The first-order valence-electron chi connectivity index (χ1n) is 6.74. The molecule has 1 aromatic rings. The van der Waals surface area contributed by atoms with Crippen LogP contribution in [-0.2, 0) is 22.6 Å². The summed E-state index contributed by atoms with van der Waals surface area (Å²) < 4.78 is 6.34. The summed E-state index contributed by atoms with van der Waals surface area (Å²) in [5, 5.41) is 0. The molecule has 0 unspecified atom stereocenters. The monoisotopic (exact) mass is 279 g/mol. The summed E-state index contributed by atoms with van der Waals surface area (Å²) in [6.45, 7) is 12.0. The van der Waals surface area contributed by atoms with Gasteiger partial charge in [0, 0.05) is 18.8 Å². The van der Waals surface area contributed by atoms with Crippen LogP contribution in [0.15, 0.2) is 11.0 Å². The van der Waals surface area contributed by atoms with Crippen LogP contribution in [0.2, 0.25) is 0 Å². The quantitative estimate of drug-likeness (QED) is 0.743. The highest BCUT2D eigenvalue weighted by molar-refractivity contribution is 5.91. The fraction of sp³-hybridized carbons (Fsp3) is 0.625. The predicted molar refractivity (Wildman–Crippen MR) is 80.4 cm³/mol. The molecule has 1 rings (SSSR count). The number of nitrogens with zero attached hydrogens (tertiary/aromatic N) is 1. The van der Waals surface area contributed by atoms with Crippen molar-refractivity contribution in [3.05, 3.63) is 33.2 Å². The van der Waals surface area contributed by atoms with Gasteiger partial charge in [-0.2, -0.15) is 0 Å². The number of esters is 1. The smallest absolute Gasteiger partial charge is 0.339 e. The standard InChI is InChI=1S/C16H25NO3/c1-15(2,3)11-10(14(19)20-8)9-17(7)13(18)12(11)16(4,5)6/h9H,1-8H3. The number of carbonyl (C=O) groups excluding carboxylic acids is 1. The SMILES string of the molecule is COC(=O)c1cn(C)c(=O)c(C(C)(C)C)c1C(C)(C)C. The van der Waals surface area contributed by atoms with Crippen molar-refractivity contribution in [3.8, 4) is 0 Å². The Kier molecular flexibility index (Phi) is 4.18. The van der Waals surface area contributed by atoms with Crippen molar-refractivity contribution in [2.75, 3.05) is 7.11 Å². The maximum Gasteiger partial charge on any atom is 0.339 e. The van der Waals surface area contributed by atoms with E-state index in [1.807, 2.05) is 41.5 Å². The average molecular weight is 279 g/mol. The summed E-state index contributed by atoms with van der Waals surface area (Å²) in [4.78, 5) is 24.6. The molecular weight excluding hydrogens is 254 g/mol. The zero-order chi connectivity index (χ0) is 15.9. The molecule has 0 radical (unpaired) electrons. The molecule has 0 aromatic carbocycles. The Morgan fingerprint density at radius 3 is 1.85 bits per heavy atom. The Morgan fingerprint density at radius 2 is 1.50 bits per heavy atom. The van der Waals surface area contributed by atoms with Crippen molar-refractivity contribution < 1.29 is 9.53 Å². The Bertz CT molecular complexity index is 583. The van der Waals surface area contributed by atoms with E-state index in [2.05, 4.69) is 0 Å². The van der Waals surface area contributed by atoms with Crippen molar-refractivity contribution >= 4 is 5.97 Å². The molecule has 0 fully saturated rings. The Labute approximate surface area is 120 Å². The Balaban J connectivity index is 3.95. The van der Waals surface area contributed by atoms with Gasteiger partial charge in [-0.15, -0.1) is 0 Å². The third-order valence-electron chi connectivity index (χ3n) is 3.28. The molecule has 20 heavy (non-hydrogen) atoms. The second-order valence-corrected chi connectivity index (χ2v) is 7.20. The third-order valence-corrected chi connectivity index (χ3v) is 3.28. The molecule has 4 nitrogen and oxygen atoms in total. The summed E-state index contributed by atoms with van der Waals surface area (Å²) in [6.07, 6.45) is 1.57. The minimum Gasteiger partial charge on any atom is -0.465 e. The van der Waals surface area contributed by atoms with Gasteiger partial charge in [-0.1, -0.05) is 41.5 Å². The minimum absolute atomic E-state index is 0.0601. The first-order valence-corrected chi connectivity index (χ1v) is 6.74. The van der Waals surface area contributed by atoms with Gasteiger partial charge in [0.05, 0.1) is 12.7 Å². The van der Waals surface area contributed by atoms with E-state index in [-0.39, 0.29) is 16.4 Å². The van der Waals surface area contributed by atoms with E-state index in [4.69, 9.17) is 4.74 Å². The molecule has 0 saturated carbocycles. The van der Waals surface area contributed by atoms with Crippen molar-refractivity contribution in [2.24, 2.45) is 7.05 Å². The molecule has 1 heterocycles. The van der Waals surface area contributed by atoms with Crippen molar-refractivity contribution in [2.45, 2.75) is 52.4 Å². The molecule has 0 bridgehead atoms. The van der Waals surface area contributed by atoms with Gasteiger partial charge in [-0.25, -0.2) is 4.79 Å². The lowest BCUT2D eigenvalue weighted by Crippen LogP contribution is -2.36. The number of hydrogen-bond donors (Lipinski definition) is 0. The van der Waals surface area contributed by atoms with E-state index in [9.17, 15) is 9.59 Å². The minimum atomic E-state index is -0.406. The van der Waals surface area contributed by atoms with Gasteiger partial charge in [-0.3, -0.25) is 4.79 Å². The maximum absolute atomic E-state index is 12.6. The molecular formula is C16H25NO3. The second-order valence-electron chi connectivity index (χ2n) is 7.20. The second kappa shape index (κ2) is 5.08. The summed E-state index contributed by atoms with van der Waals surface area (Å²) in [5.74, 6) is -0.406. The van der Waals surface area contributed by atoms with E-state index in [1.54, 1.807) is 13.2 Å². The highest BCUT2D eigenvalue weighted by Gasteiger charge is 2.33. The van der Waals surface area contributed by atoms with Crippen LogP contribution in [0.25, 0.3) is 0 Å². The van der Waals surface area contributed by atoms with Gasteiger partial charge < -0.3 is 9.30 Å². The summed E-state index contributed by atoms with van der Waals surface area (Å²) in [5.41, 5.74) is 1.19. The number of pyridine rings is 1. The van der Waals surface area contributed by atoms with Crippen LogP contribution in [0.1, 0.15) is 63.0 Å². The molecule has 0 spiro atoms. The van der Waals surface area contributed by atoms with Crippen LogP contribution in [0, 0.1) is 0 Å². The number of rotatable bonds is 1. The topological polar surface area (TPSA) is 48.3 Å². The number of aryl methyl sites for hydroxylation is 1. The fourth-order valence-electron chi connectivity index (χ4n) is 2.47. The molecule has 0 N–H and O–H groups in total. The summed E-state index contributed by atoms with van der Waals surface area (Å²) in [7, 11) is 3.02. The van der Waals surface area contributed by atoms with E-state index in [0.717, 1.165) is 5.56 Å². The molecule has 0 aliphatic carbocycles. The number of carbonyl (C=O) groups is 1. The van der Waals surface area contributed by atoms with E-state index in [1.165, 1.54) is 11.7 Å². The molecule has 1 aromatic heterocycles. The lowest BCUT2D eigenvalue weighted by Gasteiger charge is -2.31. The van der Waals surface area contributed by atoms with E-state index < -0.39 is 5.97 Å². The predicted octanol–water partition coefficient (Wildman–Crippen LogP) is 2.77. The number of hydrogen-bond acceptors (Lipinski definition) is 3. The van der Waals surface area contributed by atoms with Gasteiger partial charge in [0.2, 0.25) is 0 Å². The summed E-state index contributed by atoms with van der Waals surface area (Å²) in [6, 6.07) is 0. The van der Waals surface area contributed by atoms with E-state index >= 15 is 0 Å². The normalized spacial score (nSPS) is 12.4. The number of methoxy groups -OCH3 is 1. The number of aromatic nitrogens is 1. The Morgan fingerprint density at radius 1 is 1.05 bits per heavy atom. The molecule has 0 amide bonds. The molecule has 4 heteroatoms. The van der Waals surface area contributed by atoms with Crippen molar-refractivity contribution in [3.63, 3.8) is 0 Å².